The van der Waals surface area contributed by atoms with Gasteiger partial charge in [0.25, 0.3) is 5.91 Å². The maximum atomic E-state index is 13.4. The number of allylic oxidation sites excluding steroid dienone is 3. The van der Waals surface area contributed by atoms with Crippen molar-refractivity contribution in [3.05, 3.63) is 102 Å². The van der Waals surface area contributed by atoms with Crippen molar-refractivity contribution in [2.75, 3.05) is 5.32 Å². The summed E-state index contributed by atoms with van der Waals surface area (Å²) in [5, 5.41) is 3.51. The summed E-state index contributed by atoms with van der Waals surface area (Å²) in [6.45, 7) is 1.88. The van der Waals surface area contributed by atoms with E-state index in [4.69, 9.17) is 10.2 Å². The molecule has 1 aliphatic carbocycles. The molecule has 2 aromatic carbocycles. The lowest BCUT2D eigenvalue weighted by Crippen LogP contribution is -2.33. The Hall–Kier alpha value is -4.52. The minimum atomic E-state index is -0.773. The summed E-state index contributed by atoms with van der Waals surface area (Å²) in [5.41, 5.74) is 8.68. The molecule has 0 radical (unpaired) electrons. The molecule has 3 N–H and O–H groups in total. The van der Waals surface area contributed by atoms with Crippen molar-refractivity contribution in [2.45, 2.75) is 13.3 Å². The zero-order valence-corrected chi connectivity index (χ0v) is 18.9. The largest absolute Gasteiger partial charge is 0.455 e. The third-order valence-electron chi connectivity index (χ3n) is 6.19. The van der Waals surface area contributed by atoms with Gasteiger partial charge in [-0.1, -0.05) is 24.3 Å². The van der Waals surface area contributed by atoms with E-state index < -0.39 is 11.3 Å². The molecule has 1 unspecified atom stereocenters. The van der Waals surface area contributed by atoms with E-state index in [-0.39, 0.29) is 17.3 Å². The van der Waals surface area contributed by atoms with Crippen LogP contribution in [0.2, 0.25) is 0 Å². The fourth-order valence-electron chi connectivity index (χ4n) is 4.30. The molecule has 0 saturated carbocycles. The highest BCUT2D eigenvalue weighted by Crippen LogP contribution is 2.40. The zero-order chi connectivity index (χ0) is 24.6. The Balaban J connectivity index is 1.49. The molecule has 7 heteroatoms. The van der Waals surface area contributed by atoms with Crippen molar-refractivity contribution in [3.63, 3.8) is 0 Å². The van der Waals surface area contributed by atoms with Gasteiger partial charge in [-0.25, -0.2) is 4.39 Å². The molecule has 4 aromatic rings. The molecule has 35 heavy (non-hydrogen) atoms. The number of carbonyl (C=O) groups is 2. The van der Waals surface area contributed by atoms with Crippen molar-refractivity contribution >= 4 is 34.0 Å². The number of carbonyl (C=O) groups excluding carboxylic acids is 2. The van der Waals surface area contributed by atoms with Crippen molar-refractivity contribution in [2.24, 2.45) is 11.1 Å². The maximum Gasteiger partial charge on any atom is 0.253 e. The average Bonchev–Trinajstić information content (AvgIpc) is 3.24. The van der Waals surface area contributed by atoms with E-state index in [9.17, 15) is 14.0 Å². The third-order valence-corrected chi connectivity index (χ3v) is 6.19. The number of fused-ring (bicyclic) bond motifs is 1. The number of primary amides is 1. The van der Waals surface area contributed by atoms with Crippen molar-refractivity contribution in [1.82, 2.24) is 4.98 Å². The van der Waals surface area contributed by atoms with E-state index >= 15 is 0 Å². The number of anilines is 1. The van der Waals surface area contributed by atoms with Gasteiger partial charge in [-0.15, -0.1) is 0 Å². The summed E-state index contributed by atoms with van der Waals surface area (Å²) in [4.78, 5) is 29.5. The Morgan fingerprint density at radius 3 is 2.49 bits per heavy atom. The molecule has 0 spiro atoms. The smallest absolute Gasteiger partial charge is 0.253 e. The van der Waals surface area contributed by atoms with Crippen molar-refractivity contribution in [1.29, 1.82) is 0 Å². The summed E-state index contributed by atoms with van der Waals surface area (Å²) >= 11 is 0. The first-order valence-corrected chi connectivity index (χ1v) is 11.1. The third kappa shape index (κ3) is 4.24. The summed E-state index contributed by atoms with van der Waals surface area (Å²) in [6, 6.07) is 14.7. The molecule has 1 aliphatic rings. The zero-order valence-electron chi connectivity index (χ0n) is 18.9. The molecule has 2 aromatic heterocycles. The second-order valence-electron chi connectivity index (χ2n) is 8.72. The molecule has 2 amide bonds. The van der Waals surface area contributed by atoms with Crippen LogP contribution in [0.5, 0.6) is 0 Å². The number of furan rings is 1. The highest BCUT2D eigenvalue weighted by molar-refractivity contribution is 6.11. The van der Waals surface area contributed by atoms with Gasteiger partial charge in [-0.3, -0.25) is 14.6 Å². The molecule has 0 aliphatic heterocycles. The van der Waals surface area contributed by atoms with E-state index in [2.05, 4.69) is 10.3 Å². The Morgan fingerprint density at radius 2 is 1.77 bits per heavy atom. The van der Waals surface area contributed by atoms with Crippen LogP contribution in [-0.4, -0.2) is 16.8 Å². The topological polar surface area (TPSA) is 98.2 Å². The molecule has 0 bridgehead atoms. The van der Waals surface area contributed by atoms with Crippen LogP contribution in [0.4, 0.5) is 10.1 Å². The fraction of sp³-hybridized carbons (Fsp3) is 0.107. The standard InChI is InChI=1S/C28H22FN3O3/c1-28(27(34)32-21-10-13-31-14-11-21)12-2-3-19(16-28)18-6-9-23-22(15-18)24(26(30)33)25(35-23)17-4-7-20(29)8-5-17/h2-15H,16H2,1H3,(H2,30,33)(H,31,32,34). The maximum absolute atomic E-state index is 13.4. The summed E-state index contributed by atoms with van der Waals surface area (Å²) in [7, 11) is 0. The number of nitrogens with two attached hydrogens (primary N) is 1. The number of hydrogen-bond donors (Lipinski definition) is 2. The van der Waals surface area contributed by atoms with Crippen LogP contribution < -0.4 is 11.1 Å². The molecule has 2 heterocycles. The number of benzene rings is 2. The normalized spacial score (nSPS) is 17.3. The van der Waals surface area contributed by atoms with Gasteiger partial charge in [0.2, 0.25) is 5.91 Å². The number of hydrogen-bond acceptors (Lipinski definition) is 4. The van der Waals surface area contributed by atoms with E-state index in [0.29, 0.717) is 34.4 Å². The van der Waals surface area contributed by atoms with Crippen LogP contribution in [0.3, 0.4) is 0 Å². The Labute approximate surface area is 201 Å². The highest BCUT2D eigenvalue weighted by Gasteiger charge is 2.33. The SMILES string of the molecule is CC1(C(=O)Nc2ccncc2)C=CC=C(c2ccc3oc(-c4ccc(F)cc4)c(C(N)=O)c3c2)C1. The number of amides is 2. The lowest BCUT2D eigenvalue weighted by atomic mass is 9.77. The minimum Gasteiger partial charge on any atom is -0.455 e. The van der Waals surface area contributed by atoms with Gasteiger partial charge in [0.1, 0.15) is 17.2 Å². The minimum absolute atomic E-state index is 0.133. The Kier molecular flexibility index (Phi) is 5.53. The molecule has 5 rings (SSSR count). The van der Waals surface area contributed by atoms with Gasteiger partial charge in [0, 0.05) is 29.0 Å². The fourth-order valence-corrected chi connectivity index (χ4v) is 4.30. The number of nitrogens with one attached hydrogen (secondary N) is 1. The van der Waals surface area contributed by atoms with Crippen LogP contribution in [0.25, 0.3) is 27.9 Å². The molecule has 0 saturated heterocycles. The number of aromatic nitrogens is 1. The van der Waals surface area contributed by atoms with E-state index in [0.717, 1.165) is 11.1 Å². The summed E-state index contributed by atoms with van der Waals surface area (Å²) in [6.07, 6.45) is 9.40. The number of pyridine rings is 1. The predicted molar refractivity (Wildman–Crippen MR) is 133 cm³/mol. The van der Waals surface area contributed by atoms with Crippen molar-refractivity contribution < 1.29 is 18.4 Å². The van der Waals surface area contributed by atoms with E-state index in [1.165, 1.54) is 12.1 Å². The van der Waals surface area contributed by atoms with Gasteiger partial charge in [-0.2, -0.15) is 0 Å². The number of rotatable bonds is 5. The van der Waals surface area contributed by atoms with Gasteiger partial charge in [-0.05, 0) is 73.0 Å². The van der Waals surface area contributed by atoms with Crippen LogP contribution in [0, 0.1) is 11.2 Å². The lowest BCUT2D eigenvalue weighted by molar-refractivity contribution is -0.122. The molecule has 174 valence electrons. The molecular weight excluding hydrogens is 445 g/mol. The summed E-state index contributed by atoms with van der Waals surface area (Å²) < 4.78 is 19.3. The first kappa shape index (κ1) is 22.3. The number of nitrogens with zero attached hydrogens (tertiary/aromatic N) is 1. The van der Waals surface area contributed by atoms with Crippen LogP contribution in [-0.2, 0) is 4.79 Å². The number of halogens is 1. The lowest BCUT2D eigenvalue weighted by Gasteiger charge is -2.28. The van der Waals surface area contributed by atoms with Gasteiger partial charge in [0.15, 0.2) is 0 Å². The first-order valence-electron chi connectivity index (χ1n) is 11.1. The molecule has 6 nitrogen and oxygen atoms in total. The molecule has 1 atom stereocenters. The second-order valence-corrected chi connectivity index (χ2v) is 8.72. The average molecular weight is 468 g/mol. The van der Waals surface area contributed by atoms with Crippen LogP contribution in [0.15, 0.2) is 89.6 Å². The molecular formula is C28H22FN3O3. The van der Waals surface area contributed by atoms with E-state index in [1.807, 2.05) is 37.3 Å². The van der Waals surface area contributed by atoms with E-state index in [1.54, 1.807) is 42.7 Å². The monoisotopic (exact) mass is 467 g/mol. The Bertz CT molecular complexity index is 1500. The first-order chi connectivity index (χ1) is 16.8. The van der Waals surface area contributed by atoms with Gasteiger partial charge in [0.05, 0.1) is 11.0 Å². The highest BCUT2D eigenvalue weighted by atomic mass is 19.1. The van der Waals surface area contributed by atoms with Crippen LogP contribution >= 0.6 is 0 Å². The van der Waals surface area contributed by atoms with Crippen LogP contribution in [0.1, 0.15) is 29.3 Å². The predicted octanol–water partition coefficient (Wildman–Crippen LogP) is 5.72. The summed E-state index contributed by atoms with van der Waals surface area (Å²) in [5.74, 6) is -0.865. The second kappa shape index (κ2) is 8.68. The Morgan fingerprint density at radius 1 is 1.06 bits per heavy atom. The quantitative estimate of drug-likeness (QED) is 0.392. The van der Waals surface area contributed by atoms with Gasteiger partial charge < -0.3 is 15.5 Å². The molecule has 0 fully saturated rings. The van der Waals surface area contributed by atoms with Crippen molar-refractivity contribution in [3.8, 4) is 11.3 Å². The van der Waals surface area contributed by atoms with Gasteiger partial charge >= 0.3 is 0 Å².